The quantitative estimate of drug-likeness (QED) is 0.579. The minimum absolute atomic E-state index is 0.0663. The Morgan fingerprint density at radius 1 is 1.50 bits per heavy atom. The summed E-state index contributed by atoms with van der Waals surface area (Å²) in [4.78, 5) is 22.0. The van der Waals surface area contributed by atoms with Crippen molar-refractivity contribution in [3.8, 4) is 0 Å². The van der Waals surface area contributed by atoms with E-state index in [0.717, 1.165) is 0 Å². The van der Waals surface area contributed by atoms with Crippen LogP contribution in [0.5, 0.6) is 0 Å². The van der Waals surface area contributed by atoms with Crippen LogP contribution in [0.2, 0.25) is 0 Å². The van der Waals surface area contributed by atoms with Gasteiger partial charge >= 0.3 is 6.03 Å². The van der Waals surface area contributed by atoms with Crippen molar-refractivity contribution in [3.05, 3.63) is 12.2 Å². The van der Waals surface area contributed by atoms with E-state index in [0.29, 0.717) is 0 Å². The molecule has 1 aliphatic heterocycles. The van der Waals surface area contributed by atoms with Gasteiger partial charge in [0.25, 0.3) is 0 Å². The molecule has 1 saturated heterocycles. The average molecular weight is 168 g/mol. The summed E-state index contributed by atoms with van der Waals surface area (Å²) in [5.74, 6) is -0.0663. The van der Waals surface area contributed by atoms with Crippen molar-refractivity contribution in [2.75, 3.05) is 0 Å². The lowest BCUT2D eigenvalue weighted by atomic mass is 10.1. The molecule has 1 fully saturated rings. The molecule has 1 rings (SSSR count). The first-order valence-electron chi connectivity index (χ1n) is 3.88. The van der Waals surface area contributed by atoms with E-state index >= 15 is 0 Å². The molecule has 1 aliphatic rings. The molecule has 2 N–H and O–H groups in total. The topological polar surface area (TPSA) is 58.2 Å². The maximum absolute atomic E-state index is 11.3. The fourth-order valence-corrected chi connectivity index (χ4v) is 1.18. The van der Waals surface area contributed by atoms with Crippen molar-refractivity contribution in [2.24, 2.45) is 0 Å². The Balaban J connectivity index is 2.64. The zero-order valence-corrected chi connectivity index (χ0v) is 7.13. The molecule has 4 heteroatoms. The van der Waals surface area contributed by atoms with Crippen LogP contribution in [0.25, 0.3) is 0 Å². The number of urea groups is 1. The molecule has 1 heterocycles. The van der Waals surface area contributed by atoms with Gasteiger partial charge in [-0.15, -0.1) is 0 Å². The molecule has 0 spiro atoms. The molecule has 66 valence electrons. The number of hydrogen-bond donors (Lipinski definition) is 2. The Hall–Kier alpha value is -1.32. The fraction of sp³-hybridized carbons (Fsp3) is 0.500. The zero-order valence-electron chi connectivity index (χ0n) is 7.13. The summed E-state index contributed by atoms with van der Waals surface area (Å²) in [6.07, 6.45) is 3.13. The predicted octanol–water partition coefficient (Wildman–Crippen LogP) is 0.201. The summed E-state index contributed by atoms with van der Waals surface area (Å²) in [5.41, 5.74) is 0. The van der Waals surface area contributed by atoms with Gasteiger partial charge in [0.15, 0.2) is 5.78 Å². The number of amides is 2. The van der Waals surface area contributed by atoms with Gasteiger partial charge in [-0.1, -0.05) is 6.08 Å². The van der Waals surface area contributed by atoms with E-state index in [1.165, 1.54) is 6.08 Å². The van der Waals surface area contributed by atoms with E-state index in [-0.39, 0.29) is 17.9 Å². The molecule has 0 aromatic heterocycles. The van der Waals surface area contributed by atoms with Crippen LogP contribution in [0.4, 0.5) is 4.79 Å². The van der Waals surface area contributed by atoms with Gasteiger partial charge in [-0.3, -0.25) is 4.79 Å². The van der Waals surface area contributed by atoms with Gasteiger partial charge in [-0.25, -0.2) is 4.79 Å². The summed E-state index contributed by atoms with van der Waals surface area (Å²) in [6, 6.07) is -0.805. The van der Waals surface area contributed by atoms with Gasteiger partial charge in [0.2, 0.25) is 0 Å². The molecule has 2 atom stereocenters. The number of rotatable bonds is 2. The maximum atomic E-state index is 11.3. The Kier molecular flexibility index (Phi) is 2.47. The Morgan fingerprint density at radius 2 is 2.17 bits per heavy atom. The van der Waals surface area contributed by atoms with E-state index in [4.69, 9.17) is 0 Å². The second-order valence-electron chi connectivity index (χ2n) is 2.79. The number of allylic oxidation sites excluding steroid dienone is 1. The third kappa shape index (κ3) is 1.64. The molecule has 0 saturated carbocycles. The number of hydrogen-bond acceptors (Lipinski definition) is 2. The third-order valence-electron chi connectivity index (χ3n) is 1.78. The Bertz CT molecular complexity index is 235. The van der Waals surface area contributed by atoms with E-state index < -0.39 is 6.04 Å². The normalized spacial score (nSPS) is 28.7. The molecular formula is C8H12N2O2. The first-order chi connectivity index (χ1) is 5.65. The zero-order chi connectivity index (χ0) is 9.14. The Labute approximate surface area is 71.0 Å². The van der Waals surface area contributed by atoms with Gasteiger partial charge in [0.05, 0.1) is 6.04 Å². The van der Waals surface area contributed by atoms with Crippen LogP contribution >= 0.6 is 0 Å². The summed E-state index contributed by atoms with van der Waals surface area (Å²) in [6.45, 7) is 3.57. The molecule has 4 nitrogen and oxygen atoms in total. The van der Waals surface area contributed by atoms with Crippen LogP contribution in [-0.2, 0) is 4.79 Å². The smallest absolute Gasteiger partial charge is 0.315 e. The minimum atomic E-state index is -0.409. The van der Waals surface area contributed by atoms with E-state index in [1.54, 1.807) is 19.9 Å². The second-order valence-corrected chi connectivity index (χ2v) is 2.79. The van der Waals surface area contributed by atoms with Crippen molar-refractivity contribution in [1.82, 2.24) is 10.6 Å². The molecular weight excluding hydrogens is 156 g/mol. The van der Waals surface area contributed by atoms with Crippen LogP contribution in [-0.4, -0.2) is 23.9 Å². The molecule has 2 unspecified atom stereocenters. The van der Waals surface area contributed by atoms with E-state index in [9.17, 15) is 9.59 Å². The van der Waals surface area contributed by atoms with Gasteiger partial charge in [0, 0.05) is 0 Å². The van der Waals surface area contributed by atoms with Crippen LogP contribution in [0.3, 0.4) is 0 Å². The third-order valence-corrected chi connectivity index (χ3v) is 1.78. The average Bonchev–Trinajstić information content (AvgIpc) is 2.30. The highest BCUT2D eigenvalue weighted by atomic mass is 16.2. The van der Waals surface area contributed by atoms with Crippen molar-refractivity contribution >= 4 is 11.8 Å². The molecule has 0 aromatic carbocycles. The molecule has 0 aliphatic carbocycles. The van der Waals surface area contributed by atoms with Gasteiger partial charge < -0.3 is 10.6 Å². The molecule has 2 amide bonds. The second kappa shape index (κ2) is 3.38. The molecule has 0 aromatic rings. The standard InChI is InChI=1S/C8H12N2O2/c1-3-4-6(11)7-5(2)9-8(12)10-7/h3-5,7H,1-2H3,(H2,9,10,12)/b4-3+. The van der Waals surface area contributed by atoms with Crippen molar-refractivity contribution in [2.45, 2.75) is 25.9 Å². The maximum Gasteiger partial charge on any atom is 0.315 e. The lowest BCUT2D eigenvalue weighted by molar-refractivity contribution is -0.116. The lowest BCUT2D eigenvalue weighted by Crippen LogP contribution is -2.37. The molecule has 0 radical (unpaired) electrons. The highest BCUT2D eigenvalue weighted by Gasteiger charge is 2.31. The lowest BCUT2D eigenvalue weighted by Gasteiger charge is -2.09. The number of nitrogens with one attached hydrogen (secondary N) is 2. The van der Waals surface area contributed by atoms with Crippen LogP contribution in [0.15, 0.2) is 12.2 Å². The van der Waals surface area contributed by atoms with E-state index in [2.05, 4.69) is 10.6 Å². The highest BCUT2D eigenvalue weighted by molar-refractivity contribution is 5.99. The summed E-state index contributed by atoms with van der Waals surface area (Å²) in [5, 5.41) is 5.14. The highest BCUT2D eigenvalue weighted by Crippen LogP contribution is 2.02. The van der Waals surface area contributed by atoms with Crippen LogP contribution < -0.4 is 10.6 Å². The van der Waals surface area contributed by atoms with Crippen molar-refractivity contribution in [3.63, 3.8) is 0 Å². The monoisotopic (exact) mass is 168 g/mol. The first kappa shape index (κ1) is 8.77. The number of ketones is 1. The summed E-state index contributed by atoms with van der Waals surface area (Å²) < 4.78 is 0. The van der Waals surface area contributed by atoms with Gasteiger partial charge in [0.1, 0.15) is 6.04 Å². The van der Waals surface area contributed by atoms with Crippen molar-refractivity contribution < 1.29 is 9.59 Å². The van der Waals surface area contributed by atoms with Crippen LogP contribution in [0.1, 0.15) is 13.8 Å². The fourth-order valence-electron chi connectivity index (χ4n) is 1.18. The Morgan fingerprint density at radius 3 is 2.58 bits per heavy atom. The summed E-state index contributed by atoms with van der Waals surface area (Å²) >= 11 is 0. The van der Waals surface area contributed by atoms with Gasteiger partial charge in [-0.2, -0.15) is 0 Å². The summed E-state index contributed by atoms with van der Waals surface area (Å²) in [7, 11) is 0. The predicted molar refractivity (Wildman–Crippen MR) is 44.7 cm³/mol. The molecule has 0 bridgehead atoms. The van der Waals surface area contributed by atoms with Crippen molar-refractivity contribution in [1.29, 1.82) is 0 Å². The number of carbonyl (C=O) groups is 2. The first-order valence-corrected chi connectivity index (χ1v) is 3.88. The van der Waals surface area contributed by atoms with E-state index in [1.807, 2.05) is 0 Å². The van der Waals surface area contributed by atoms with Crippen LogP contribution in [0, 0.1) is 0 Å². The molecule has 12 heavy (non-hydrogen) atoms. The van der Waals surface area contributed by atoms with Gasteiger partial charge in [-0.05, 0) is 19.9 Å². The minimum Gasteiger partial charge on any atom is -0.333 e. The number of carbonyl (C=O) groups excluding carboxylic acids is 2. The largest absolute Gasteiger partial charge is 0.333 e. The SMILES string of the molecule is C/C=C/C(=O)C1NC(=O)NC1C.